The van der Waals surface area contributed by atoms with Crippen molar-refractivity contribution in [3.63, 3.8) is 0 Å². The molecule has 2 aromatic carbocycles. The van der Waals surface area contributed by atoms with Gasteiger partial charge in [-0.2, -0.15) is 10.4 Å². The van der Waals surface area contributed by atoms with Crippen molar-refractivity contribution < 1.29 is 8.78 Å². The summed E-state index contributed by atoms with van der Waals surface area (Å²) in [6.07, 6.45) is 1.93. The third kappa shape index (κ3) is 3.65. The molecule has 180 valence electrons. The van der Waals surface area contributed by atoms with E-state index in [4.69, 9.17) is 0 Å². The lowest BCUT2D eigenvalue weighted by molar-refractivity contribution is 0.585. The minimum atomic E-state index is -1.15. The highest BCUT2D eigenvalue weighted by Gasteiger charge is 2.48. The summed E-state index contributed by atoms with van der Waals surface area (Å²) in [6, 6.07) is 12.3. The van der Waals surface area contributed by atoms with Gasteiger partial charge >= 0.3 is 0 Å². The second-order valence-electron chi connectivity index (χ2n) is 9.16. The fourth-order valence-electron chi connectivity index (χ4n) is 4.97. The zero-order valence-corrected chi connectivity index (χ0v) is 20.2. The van der Waals surface area contributed by atoms with Crippen LogP contribution in [-0.4, -0.2) is 59.5 Å². The molecule has 3 heterocycles. The Balaban J connectivity index is 1.50. The van der Waals surface area contributed by atoms with Crippen molar-refractivity contribution in [3.05, 3.63) is 53.6 Å². The van der Waals surface area contributed by atoms with Gasteiger partial charge in [0.1, 0.15) is 23.2 Å². The molecule has 10 heteroatoms. The Morgan fingerprint density at radius 1 is 1.17 bits per heavy atom. The van der Waals surface area contributed by atoms with Gasteiger partial charge in [-0.05, 0) is 37.1 Å². The van der Waals surface area contributed by atoms with Crippen LogP contribution >= 0.6 is 11.8 Å². The Morgan fingerprint density at radius 3 is 2.60 bits per heavy atom. The summed E-state index contributed by atoms with van der Waals surface area (Å²) in [5.41, 5.74) is 2.40. The van der Waals surface area contributed by atoms with Crippen molar-refractivity contribution in [2.24, 2.45) is 4.99 Å². The molecule has 3 aliphatic rings. The van der Waals surface area contributed by atoms with Gasteiger partial charge in [-0.1, -0.05) is 23.9 Å². The fraction of sp³-hybridized carbons (Fsp3) is 0.400. The fourth-order valence-corrected chi connectivity index (χ4v) is 6.02. The average Bonchev–Trinajstić information content (AvgIpc) is 3.51. The average molecular weight is 494 g/mol. The molecule has 2 aliphatic heterocycles. The minimum absolute atomic E-state index is 0.176. The van der Waals surface area contributed by atoms with E-state index in [9.17, 15) is 9.65 Å². The number of thioether (sulfide) groups is 1. The number of aromatic nitrogens is 2. The van der Waals surface area contributed by atoms with Crippen molar-refractivity contribution in [1.29, 1.82) is 5.26 Å². The van der Waals surface area contributed by atoms with Crippen LogP contribution in [0.25, 0.3) is 10.9 Å². The second kappa shape index (κ2) is 8.50. The number of fused-ring (bicyclic) bond motifs is 1. The number of hydrogen-bond acceptors (Lipinski definition) is 7. The van der Waals surface area contributed by atoms with E-state index in [1.54, 1.807) is 18.2 Å². The molecule has 35 heavy (non-hydrogen) atoms. The molecule has 2 fully saturated rings. The molecule has 1 saturated carbocycles. The monoisotopic (exact) mass is 493 g/mol. The molecule has 1 aliphatic carbocycles. The summed E-state index contributed by atoms with van der Waals surface area (Å²) in [5.74, 6) is 0.414. The molecule has 0 amide bonds. The van der Waals surface area contributed by atoms with Gasteiger partial charge < -0.3 is 15.1 Å². The molecule has 0 bridgehead atoms. The van der Waals surface area contributed by atoms with Gasteiger partial charge in [0.15, 0.2) is 5.82 Å². The van der Waals surface area contributed by atoms with E-state index < -0.39 is 4.87 Å². The van der Waals surface area contributed by atoms with Crippen molar-refractivity contribution in [2.75, 3.05) is 48.9 Å². The first-order valence-corrected chi connectivity index (χ1v) is 12.8. The number of benzene rings is 2. The zero-order chi connectivity index (χ0) is 24.2. The smallest absolute Gasteiger partial charge is 0.220 e. The normalized spacial score (nSPS) is 22.3. The molecule has 1 saturated heterocycles. The van der Waals surface area contributed by atoms with E-state index in [-0.39, 0.29) is 17.7 Å². The zero-order valence-electron chi connectivity index (χ0n) is 19.3. The van der Waals surface area contributed by atoms with Gasteiger partial charge in [0.25, 0.3) is 0 Å². The molecule has 1 aromatic heterocycles. The van der Waals surface area contributed by atoms with Crippen LogP contribution in [0, 0.1) is 23.0 Å². The van der Waals surface area contributed by atoms with Gasteiger partial charge in [-0.3, -0.25) is 4.99 Å². The molecule has 3 aromatic rings. The lowest BCUT2D eigenvalue weighted by atomic mass is 10.0. The summed E-state index contributed by atoms with van der Waals surface area (Å²) in [5, 5.41) is 19.2. The van der Waals surface area contributed by atoms with Crippen molar-refractivity contribution in [2.45, 2.75) is 23.8 Å². The lowest BCUT2D eigenvalue weighted by Crippen LogP contribution is -2.49. The first-order valence-electron chi connectivity index (χ1n) is 11.8. The van der Waals surface area contributed by atoms with Crippen molar-refractivity contribution in [1.82, 2.24) is 15.1 Å². The highest BCUT2D eigenvalue weighted by molar-refractivity contribution is 8.02. The first kappa shape index (κ1) is 22.3. The summed E-state index contributed by atoms with van der Waals surface area (Å²) in [4.78, 5) is 7.55. The number of rotatable bonds is 5. The number of nitrogens with zero attached hydrogens (tertiary/aromatic N) is 6. The Morgan fingerprint density at radius 2 is 1.91 bits per heavy atom. The van der Waals surface area contributed by atoms with Crippen LogP contribution in [0.5, 0.6) is 0 Å². The number of nitriles is 1. The highest BCUT2D eigenvalue weighted by atomic mass is 32.2. The van der Waals surface area contributed by atoms with Crippen molar-refractivity contribution >= 4 is 39.9 Å². The largest absolute Gasteiger partial charge is 0.369 e. The van der Waals surface area contributed by atoms with Gasteiger partial charge in [0, 0.05) is 49.9 Å². The molecule has 1 atom stereocenters. The third-order valence-corrected chi connectivity index (χ3v) is 8.20. The van der Waals surface area contributed by atoms with E-state index in [2.05, 4.69) is 26.4 Å². The van der Waals surface area contributed by atoms with E-state index in [1.807, 2.05) is 22.7 Å². The molecule has 7 nitrogen and oxygen atoms in total. The number of likely N-dealkylation sites (N-methyl/N-ethyl adjacent to an activating group) is 1. The van der Waals surface area contributed by atoms with Crippen LogP contribution in [-0.2, 0) is 0 Å². The molecule has 1 N–H and O–H groups in total. The minimum Gasteiger partial charge on any atom is -0.369 e. The predicted octanol–water partition coefficient (Wildman–Crippen LogP) is 3.91. The van der Waals surface area contributed by atoms with Gasteiger partial charge in [-0.15, -0.1) is 0 Å². The van der Waals surface area contributed by atoms with Gasteiger partial charge in [0.2, 0.25) is 4.87 Å². The quantitative estimate of drug-likeness (QED) is 0.581. The van der Waals surface area contributed by atoms with E-state index in [0.717, 1.165) is 44.7 Å². The third-order valence-electron chi connectivity index (χ3n) is 6.97. The number of nitrogens with one attached hydrogen (secondary N) is 1. The summed E-state index contributed by atoms with van der Waals surface area (Å²) < 4.78 is 30.9. The Bertz CT molecular complexity index is 1350. The lowest BCUT2D eigenvalue weighted by Gasteiger charge is -2.35. The summed E-state index contributed by atoms with van der Waals surface area (Å²) >= 11 is 1.40. The SMILES string of the molecule is CN(c1c2cc(N3CCNCC3)cc(F)c2nn1C1CC1)C1(C#N)SCN=C1c1ccc(F)cc1. The standard InChI is InChI=1S/C25H25F2N7S/c1-32(25(14-28)23(30-15-35-25)16-2-4-17(26)5-3-16)24-20-12-19(33-10-8-29-9-11-33)13-21(27)22(20)31-34(24)18-6-7-18/h2-5,12-13,18,29H,6-11,15H2,1H3. The summed E-state index contributed by atoms with van der Waals surface area (Å²) in [6.45, 7) is 3.29. The number of piperazine rings is 1. The Hall–Kier alpha value is -3.16. The maximum Gasteiger partial charge on any atom is 0.220 e. The van der Waals surface area contributed by atoms with Gasteiger partial charge in [0.05, 0.1) is 17.6 Å². The van der Waals surface area contributed by atoms with Crippen LogP contribution in [0.1, 0.15) is 24.4 Å². The van der Waals surface area contributed by atoms with Gasteiger partial charge in [-0.25, -0.2) is 13.5 Å². The number of halogens is 2. The molecular weight excluding hydrogens is 468 g/mol. The molecular formula is C25H25F2N7S. The first-order chi connectivity index (χ1) is 17.0. The maximum atomic E-state index is 15.4. The Labute approximate surface area is 206 Å². The molecule has 0 radical (unpaired) electrons. The molecule has 6 rings (SSSR count). The maximum absolute atomic E-state index is 15.4. The van der Waals surface area contributed by atoms with Crippen LogP contribution in [0.15, 0.2) is 41.4 Å². The van der Waals surface area contributed by atoms with E-state index >= 15 is 4.39 Å². The Kier molecular flexibility index (Phi) is 5.42. The molecule has 1 unspecified atom stereocenters. The van der Waals surface area contributed by atoms with Crippen LogP contribution in [0.3, 0.4) is 0 Å². The van der Waals surface area contributed by atoms with Crippen LogP contribution in [0.4, 0.5) is 20.3 Å². The van der Waals surface area contributed by atoms with Crippen molar-refractivity contribution in [3.8, 4) is 6.07 Å². The highest BCUT2D eigenvalue weighted by Crippen LogP contribution is 2.47. The number of aliphatic imine (C=N–C) groups is 1. The van der Waals surface area contributed by atoms with E-state index in [1.165, 1.54) is 23.9 Å². The summed E-state index contributed by atoms with van der Waals surface area (Å²) in [7, 11) is 1.85. The van der Waals surface area contributed by atoms with Crippen LogP contribution in [0.2, 0.25) is 0 Å². The number of hydrogen-bond donors (Lipinski definition) is 1. The van der Waals surface area contributed by atoms with Crippen LogP contribution < -0.4 is 15.1 Å². The number of anilines is 2. The van der Waals surface area contributed by atoms with E-state index in [0.29, 0.717) is 33.9 Å². The predicted molar refractivity (Wildman–Crippen MR) is 135 cm³/mol. The topological polar surface area (TPSA) is 72.5 Å². The second-order valence-corrected chi connectivity index (χ2v) is 10.3. The molecule has 0 spiro atoms.